The lowest BCUT2D eigenvalue weighted by molar-refractivity contribution is 0.154. The summed E-state index contributed by atoms with van der Waals surface area (Å²) in [5.41, 5.74) is 0. The maximum atomic E-state index is 5.87. The molecule has 2 atom stereocenters. The van der Waals surface area contributed by atoms with Gasteiger partial charge in [-0.3, -0.25) is 0 Å². The molecule has 2 aliphatic heterocycles. The van der Waals surface area contributed by atoms with Gasteiger partial charge in [-0.2, -0.15) is 0 Å². The Bertz CT molecular complexity index is 365. The predicted octanol–water partition coefficient (Wildman–Crippen LogP) is 1.82. The number of hydrogen-bond donors (Lipinski definition) is 0. The van der Waals surface area contributed by atoms with Gasteiger partial charge in [-0.1, -0.05) is 0 Å². The third kappa shape index (κ3) is 1.74. The standard InChI is InChI=1S/C11H17ClN4/c12-7-11-14-13-8-16(11)10-3-5-15-4-1-2-9(15)6-10/h8-10H,1-7H2. The van der Waals surface area contributed by atoms with Crippen molar-refractivity contribution in [1.29, 1.82) is 0 Å². The third-order valence-electron chi connectivity index (χ3n) is 3.95. The Kier molecular flexibility index (Phi) is 2.86. The van der Waals surface area contributed by atoms with E-state index in [-0.39, 0.29) is 0 Å². The fraction of sp³-hybridized carbons (Fsp3) is 0.818. The molecule has 0 radical (unpaired) electrons. The second kappa shape index (κ2) is 4.34. The molecule has 0 N–H and O–H groups in total. The summed E-state index contributed by atoms with van der Waals surface area (Å²) in [4.78, 5) is 2.63. The molecular weight excluding hydrogens is 224 g/mol. The second-order valence-electron chi connectivity index (χ2n) is 4.80. The van der Waals surface area contributed by atoms with Gasteiger partial charge in [0.1, 0.15) is 12.2 Å². The van der Waals surface area contributed by atoms with Crippen molar-refractivity contribution in [3.8, 4) is 0 Å². The molecule has 2 aliphatic rings. The fourth-order valence-electron chi connectivity index (χ4n) is 3.12. The van der Waals surface area contributed by atoms with E-state index >= 15 is 0 Å². The maximum Gasteiger partial charge on any atom is 0.148 e. The van der Waals surface area contributed by atoms with Crippen LogP contribution in [0.25, 0.3) is 0 Å². The van der Waals surface area contributed by atoms with Crippen molar-refractivity contribution < 1.29 is 0 Å². The lowest BCUT2D eigenvalue weighted by Gasteiger charge is -2.35. The zero-order chi connectivity index (χ0) is 11.0. The smallest absolute Gasteiger partial charge is 0.148 e. The zero-order valence-corrected chi connectivity index (χ0v) is 10.1. The second-order valence-corrected chi connectivity index (χ2v) is 5.07. The molecule has 88 valence electrons. The Morgan fingerprint density at radius 2 is 2.25 bits per heavy atom. The molecular formula is C11H17ClN4. The number of piperidine rings is 1. The first kappa shape index (κ1) is 10.5. The lowest BCUT2D eigenvalue weighted by atomic mass is 9.97. The highest BCUT2D eigenvalue weighted by Gasteiger charge is 2.32. The molecule has 4 nitrogen and oxygen atoms in total. The number of alkyl halides is 1. The Hall–Kier alpha value is -0.610. The van der Waals surface area contributed by atoms with Crippen LogP contribution in [0, 0.1) is 0 Å². The van der Waals surface area contributed by atoms with Crippen molar-refractivity contribution >= 4 is 11.6 Å². The Morgan fingerprint density at radius 3 is 3.12 bits per heavy atom. The maximum absolute atomic E-state index is 5.87. The van der Waals surface area contributed by atoms with E-state index in [0.29, 0.717) is 11.9 Å². The van der Waals surface area contributed by atoms with Gasteiger partial charge in [0.25, 0.3) is 0 Å². The van der Waals surface area contributed by atoms with Crippen molar-refractivity contribution in [2.24, 2.45) is 0 Å². The third-order valence-corrected chi connectivity index (χ3v) is 4.19. The summed E-state index contributed by atoms with van der Waals surface area (Å²) in [6.45, 7) is 2.51. The Labute approximate surface area is 101 Å². The molecule has 0 saturated carbocycles. The van der Waals surface area contributed by atoms with Crippen molar-refractivity contribution in [3.63, 3.8) is 0 Å². The van der Waals surface area contributed by atoms with Crippen LogP contribution in [-0.2, 0) is 5.88 Å². The van der Waals surface area contributed by atoms with Crippen molar-refractivity contribution in [1.82, 2.24) is 19.7 Å². The van der Waals surface area contributed by atoms with Crippen LogP contribution in [0.1, 0.15) is 37.5 Å². The Balaban J connectivity index is 1.76. The highest BCUT2D eigenvalue weighted by molar-refractivity contribution is 6.16. The average Bonchev–Trinajstić information content (AvgIpc) is 2.96. The number of hydrogen-bond acceptors (Lipinski definition) is 3. The molecule has 3 heterocycles. The molecule has 1 aromatic heterocycles. The minimum atomic E-state index is 0.463. The first-order valence-corrected chi connectivity index (χ1v) is 6.60. The molecule has 1 aromatic rings. The average molecular weight is 241 g/mol. The molecule has 0 bridgehead atoms. The topological polar surface area (TPSA) is 34.0 Å². The van der Waals surface area contributed by atoms with E-state index in [4.69, 9.17) is 11.6 Å². The van der Waals surface area contributed by atoms with Crippen LogP contribution >= 0.6 is 11.6 Å². The lowest BCUT2D eigenvalue weighted by Crippen LogP contribution is -2.38. The van der Waals surface area contributed by atoms with Crippen molar-refractivity contribution in [3.05, 3.63) is 12.2 Å². The summed E-state index contributed by atoms with van der Waals surface area (Å²) in [6, 6.07) is 1.34. The van der Waals surface area contributed by atoms with Crippen LogP contribution in [0.15, 0.2) is 6.33 Å². The predicted molar refractivity (Wildman–Crippen MR) is 62.4 cm³/mol. The van der Waals surface area contributed by atoms with Crippen LogP contribution in [0.5, 0.6) is 0 Å². The first-order valence-electron chi connectivity index (χ1n) is 6.07. The van der Waals surface area contributed by atoms with Crippen molar-refractivity contribution in [2.45, 2.75) is 43.6 Å². The normalized spacial score (nSPS) is 30.6. The SMILES string of the molecule is ClCc1nncn1C1CCN2CCCC2C1. The Morgan fingerprint density at radius 1 is 1.31 bits per heavy atom. The summed E-state index contributed by atoms with van der Waals surface area (Å²) < 4.78 is 2.18. The van der Waals surface area contributed by atoms with Gasteiger partial charge in [0.15, 0.2) is 0 Å². The minimum Gasteiger partial charge on any atom is -0.313 e. The van der Waals surface area contributed by atoms with E-state index in [1.807, 2.05) is 6.33 Å². The summed E-state index contributed by atoms with van der Waals surface area (Å²) in [5, 5.41) is 8.03. The van der Waals surface area contributed by atoms with E-state index in [0.717, 1.165) is 11.9 Å². The van der Waals surface area contributed by atoms with E-state index in [1.54, 1.807) is 0 Å². The van der Waals surface area contributed by atoms with Gasteiger partial charge < -0.3 is 9.47 Å². The summed E-state index contributed by atoms with van der Waals surface area (Å²) >= 11 is 5.87. The van der Waals surface area contributed by atoms with Gasteiger partial charge in [0.2, 0.25) is 0 Å². The van der Waals surface area contributed by atoms with Gasteiger partial charge >= 0.3 is 0 Å². The van der Waals surface area contributed by atoms with Gasteiger partial charge in [0.05, 0.1) is 5.88 Å². The molecule has 3 rings (SSSR count). The summed E-state index contributed by atoms with van der Waals surface area (Å²) in [6.07, 6.45) is 7.00. The highest BCUT2D eigenvalue weighted by Crippen LogP contribution is 2.33. The van der Waals surface area contributed by atoms with Gasteiger partial charge in [-0.25, -0.2) is 0 Å². The van der Waals surface area contributed by atoms with Gasteiger partial charge in [0, 0.05) is 18.6 Å². The molecule has 0 amide bonds. The van der Waals surface area contributed by atoms with Crippen molar-refractivity contribution in [2.75, 3.05) is 13.1 Å². The van der Waals surface area contributed by atoms with E-state index in [2.05, 4.69) is 19.7 Å². The number of halogens is 1. The number of nitrogens with zero attached hydrogens (tertiary/aromatic N) is 4. The molecule has 2 saturated heterocycles. The number of rotatable bonds is 2. The fourth-order valence-corrected chi connectivity index (χ4v) is 3.31. The van der Waals surface area contributed by atoms with Gasteiger partial charge in [-0.05, 0) is 32.2 Å². The van der Waals surface area contributed by atoms with Crippen LogP contribution in [0.2, 0.25) is 0 Å². The molecule has 2 fully saturated rings. The van der Waals surface area contributed by atoms with Gasteiger partial charge in [-0.15, -0.1) is 21.8 Å². The number of fused-ring (bicyclic) bond motifs is 1. The molecule has 5 heteroatoms. The largest absolute Gasteiger partial charge is 0.313 e. The molecule has 0 aromatic carbocycles. The molecule has 16 heavy (non-hydrogen) atoms. The molecule has 0 spiro atoms. The molecule has 2 unspecified atom stereocenters. The van der Waals surface area contributed by atoms with Crippen LogP contribution < -0.4 is 0 Å². The molecule has 0 aliphatic carbocycles. The van der Waals surface area contributed by atoms with Crippen LogP contribution in [0.4, 0.5) is 0 Å². The minimum absolute atomic E-state index is 0.463. The highest BCUT2D eigenvalue weighted by atomic mass is 35.5. The quantitative estimate of drug-likeness (QED) is 0.740. The van der Waals surface area contributed by atoms with E-state index in [9.17, 15) is 0 Å². The summed E-state index contributed by atoms with van der Waals surface area (Å²) in [7, 11) is 0. The monoisotopic (exact) mass is 240 g/mol. The number of aromatic nitrogens is 3. The first-order chi connectivity index (χ1) is 7.88. The van der Waals surface area contributed by atoms with E-state index < -0.39 is 0 Å². The van der Waals surface area contributed by atoms with E-state index in [1.165, 1.54) is 38.8 Å². The van der Waals surface area contributed by atoms with Crippen LogP contribution in [0.3, 0.4) is 0 Å². The summed E-state index contributed by atoms with van der Waals surface area (Å²) in [5.74, 6) is 1.38. The van der Waals surface area contributed by atoms with Crippen LogP contribution in [-0.4, -0.2) is 38.8 Å². The zero-order valence-electron chi connectivity index (χ0n) is 9.35.